The summed E-state index contributed by atoms with van der Waals surface area (Å²) < 4.78 is 29.0. The van der Waals surface area contributed by atoms with Crippen LogP contribution in [-0.4, -0.2) is 110 Å². The smallest absolute Gasteiger partial charge is 0.409 e. The molecule has 0 spiro atoms. The minimum Gasteiger partial charge on any atom is -0.495 e. The van der Waals surface area contributed by atoms with Crippen LogP contribution in [0.2, 0.25) is 5.02 Å². The van der Waals surface area contributed by atoms with Gasteiger partial charge in [0.1, 0.15) is 40.7 Å². The maximum absolute atomic E-state index is 14.0. The van der Waals surface area contributed by atoms with Crippen LogP contribution in [0.15, 0.2) is 35.9 Å². The first-order chi connectivity index (χ1) is 23.5. The van der Waals surface area contributed by atoms with E-state index in [0.717, 1.165) is 11.1 Å². The summed E-state index contributed by atoms with van der Waals surface area (Å²) in [7, 11) is 5.98. The van der Waals surface area contributed by atoms with Gasteiger partial charge in [-0.15, -0.1) is 0 Å². The van der Waals surface area contributed by atoms with Crippen molar-refractivity contribution in [3.8, 4) is 5.75 Å². The Labute approximate surface area is 303 Å². The number of halogens is 1. The molecular weight excluding hydrogens is 690 g/mol. The molecule has 2 N–H and O–H groups in total. The van der Waals surface area contributed by atoms with E-state index in [4.69, 9.17) is 35.3 Å². The zero-order valence-corrected chi connectivity index (χ0v) is 31.4. The third-order valence-electron chi connectivity index (χ3n) is 9.85. The highest BCUT2D eigenvalue weighted by Gasteiger charge is 2.64. The zero-order valence-electron chi connectivity index (χ0n) is 29.7. The standard InChI is InChI=1S/C35H48ClN3O10S/c1-19-10-9-11-26(46-8)35(44)18-25(47-33(43)37-35)20(2)31-34(4,49-31)27(48-32(42)21(3)38(5)28(40)12-13-50)17-29(41)39(6)23-15-22(14-19)16-24(45-7)30(23)36/h9-11,15-16,20-21,25-27,31,44,50H,12-14,17-18H2,1-8H3,(H,37,43)/b11-9+,19-10+/t20-,21+,25?,26-,27+,31+,34-,35+/m1/s1. The molecule has 15 heteroatoms. The van der Waals surface area contributed by atoms with E-state index < -0.39 is 65.7 Å². The fraction of sp³-hybridized carbons (Fsp3) is 0.600. The Morgan fingerprint density at radius 2 is 1.98 bits per heavy atom. The summed E-state index contributed by atoms with van der Waals surface area (Å²) in [5.41, 5.74) is -0.903. The minimum atomic E-state index is -1.82. The minimum absolute atomic E-state index is 0.0489. The number of thiol groups is 1. The summed E-state index contributed by atoms with van der Waals surface area (Å²) in [6.45, 7) is 6.96. The first kappa shape index (κ1) is 39.5. The van der Waals surface area contributed by atoms with Gasteiger partial charge in [0.05, 0.1) is 25.3 Å². The molecule has 0 saturated carbocycles. The molecule has 3 aliphatic heterocycles. The lowest BCUT2D eigenvalue weighted by molar-refractivity contribution is -0.161. The molecule has 3 heterocycles. The molecular formula is C35H48ClN3O10S. The molecule has 8 atom stereocenters. The van der Waals surface area contributed by atoms with Gasteiger partial charge in [-0.3, -0.25) is 14.9 Å². The number of carbonyl (C=O) groups is 4. The number of ether oxygens (including phenoxy) is 5. The first-order valence-electron chi connectivity index (χ1n) is 16.4. The average molecular weight is 738 g/mol. The number of nitrogens with one attached hydrogen (secondary N) is 1. The number of likely N-dealkylation sites (N-methyl/N-ethyl adjacent to an activating group) is 1. The van der Waals surface area contributed by atoms with Crippen molar-refractivity contribution in [3.05, 3.63) is 46.5 Å². The Hall–Kier alpha value is -3.30. The molecule has 1 unspecified atom stereocenters. The second-order valence-electron chi connectivity index (χ2n) is 13.4. The van der Waals surface area contributed by atoms with E-state index in [9.17, 15) is 24.3 Å². The largest absolute Gasteiger partial charge is 0.495 e. The predicted octanol–water partition coefficient (Wildman–Crippen LogP) is 3.83. The number of rotatable bonds is 7. The monoisotopic (exact) mass is 737 g/mol. The highest BCUT2D eigenvalue weighted by molar-refractivity contribution is 7.80. The van der Waals surface area contributed by atoms with Crippen molar-refractivity contribution < 1.29 is 48.0 Å². The second kappa shape index (κ2) is 15.9. The van der Waals surface area contributed by atoms with E-state index in [0.29, 0.717) is 23.6 Å². The predicted molar refractivity (Wildman–Crippen MR) is 189 cm³/mol. The molecule has 4 rings (SSSR count). The molecule has 1 aromatic rings. The van der Waals surface area contributed by atoms with E-state index in [1.54, 1.807) is 45.2 Å². The first-order valence-corrected chi connectivity index (χ1v) is 17.5. The molecule has 50 heavy (non-hydrogen) atoms. The van der Waals surface area contributed by atoms with Crippen LogP contribution in [0.25, 0.3) is 0 Å². The number of allylic oxidation sites excluding steroid dienone is 3. The molecule has 2 fully saturated rings. The van der Waals surface area contributed by atoms with Crippen LogP contribution < -0.4 is 15.0 Å². The summed E-state index contributed by atoms with van der Waals surface area (Å²) in [5, 5.41) is 14.4. The molecule has 0 radical (unpaired) electrons. The number of hydrogen-bond donors (Lipinski definition) is 3. The van der Waals surface area contributed by atoms with Gasteiger partial charge >= 0.3 is 12.1 Å². The summed E-state index contributed by atoms with van der Waals surface area (Å²) in [4.78, 5) is 55.6. The molecule has 0 aliphatic carbocycles. The number of carbonyl (C=O) groups excluding carboxylic acids is 4. The van der Waals surface area contributed by atoms with Crippen molar-refractivity contribution in [3.63, 3.8) is 0 Å². The topological polar surface area (TPSA) is 156 Å². The van der Waals surface area contributed by atoms with E-state index in [1.165, 1.54) is 38.0 Å². The second-order valence-corrected chi connectivity index (χ2v) is 14.2. The molecule has 4 bridgehead atoms. The van der Waals surface area contributed by atoms with Crippen LogP contribution in [0.3, 0.4) is 0 Å². The number of epoxide rings is 1. The van der Waals surface area contributed by atoms with E-state index in [2.05, 4.69) is 17.9 Å². The number of nitrogens with zero attached hydrogens (tertiary/aromatic N) is 2. The number of benzene rings is 1. The van der Waals surface area contributed by atoms with Crippen LogP contribution in [0.1, 0.15) is 52.5 Å². The fourth-order valence-corrected chi connectivity index (χ4v) is 6.99. The van der Waals surface area contributed by atoms with Crippen LogP contribution in [-0.2, 0) is 39.8 Å². The number of hydrogen-bond acceptors (Lipinski definition) is 11. The van der Waals surface area contributed by atoms with Crippen LogP contribution in [0, 0.1) is 5.92 Å². The summed E-state index contributed by atoms with van der Waals surface area (Å²) in [6, 6.07) is 2.60. The Morgan fingerprint density at radius 1 is 1.28 bits per heavy atom. The Morgan fingerprint density at radius 3 is 2.62 bits per heavy atom. The van der Waals surface area contributed by atoms with Crippen molar-refractivity contribution in [2.45, 2.75) is 95.2 Å². The van der Waals surface area contributed by atoms with Gasteiger partial charge in [0.15, 0.2) is 5.72 Å². The zero-order chi connectivity index (χ0) is 37.1. The van der Waals surface area contributed by atoms with Crippen molar-refractivity contribution in [1.29, 1.82) is 0 Å². The molecule has 3 amide bonds. The number of alkyl carbamates (subject to hydrolysis) is 1. The lowest BCUT2D eigenvalue weighted by atomic mass is 9.83. The van der Waals surface area contributed by atoms with E-state index in [-0.39, 0.29) is 30.2 Å². The van der Waals surface area contributed by atoms with Crippen LogP contribution in [0.5, 0.6) is 5.75 Å². The van der Waals surface area contributed by atoms with Crippen molar-refractivity contribution >= 4 is 53.8 Å². The number of anilines is 1. The fourth-order valence-electron chi connectivity index (χ4n) is 6.49. The molecule has 13 nitrogen and oxygen atoms in total. The highest BCUT2D eigenvalue weighted by Crippen LogP contribution is 2.49. The van der Waals surface area contributed by atoms with Crippen LogP contribution in [0.4, 0.5) is 10.5 Å². The quantitative estimate of drug-likeness (QED) is 0.214. The van der Waals surface area contributed by atoms with Gasteiger partial charge in [0.2, 0.25) is 11.8 Å². The molecule has 0 aromatic heterocycles. The third kappa shape index (κ3) is 8.42. The molecule has 1 aromatic carbocycles. The lowest BCUT2D eigenvalue weighted by Crippen LogP contribution is -2.63. The van der Waals surface area contributed by atoms with Crippen molar-refractivity contribution in [2.24, 2.45) is 5.92 Å². The lowest BCUT2D eigenvalue weighted by Gasteiger charge is -2.42. The average Bonchev–Trinajstić information content (AvgIpc) is 3.76. The normalized spacial score (nSPS) is 32.3. The van der Waals surface area contributed by atoms with E-state index >= 15 is 0 Å². The number of aliphatic hydroxyl groups is 1. The SMILES string of the molecule is COc1cc2cc(c1Cl)N(C)C(=O)C[C@H](OC(=O)[C@H](C)N(C)C(=O)CCS)[C@@]1(C)O[C@H]1[C@H](C)C1C[C@@](O)(NC(=O)O1)[C@H](OC)/C=C/C=C(\C)C2. The van der Waals surface area contributed by atoms with Gasteiger partial charge in [-0.2, -0.15) is 12.6 Å². The van der Waals surface area contributed by atoms with Gasteiger partial charge in [-0.1, -0.05) is 42.3 Å². The Balaban J connectivity index is 1.78. The van der Waals surface area contributed by atoms with Crippen molar-refractivity contribution in [2.75, 3.05) is 39.0 Å². The number of methoxy groups -OCH3 is 2. The summed E-state index contributed by atoms with van der Waals surface area (Å²) in [5.74, 6) is -1.30. The maximum atomic E-state index is 14.0. The maximum Gasteiger partial charge on any atom is 0.409 e. The molecule has 276 valence electrons. The number of amides is 3. The van der Waals surface area contributed by atoms with Gasteiger partial charge in [0.25, 0.3) is 0 Å². The van der Waals surface area contributed by atoms with Gasteiger partial charge < -0.3 is 38.6 Å². The summed E-state index contributed by atoms with van der Waals surface area (Å²) >= 11 is 10.8. The summed E-state index contributed by atoms with van der Waals surface area (Å²) in [6.07, 6.45) is 1.08. The van der Waals surface area contributed by atoms with Gasteiger partial charge in [-0.25, -0.2) is 9.59 Å². The number of esters is 1. The molecule has 3 aliphatic rings. The highest BCUT2D eigenvalue weighted by atomic mass is 35.5. The van der Waals surface area contributed by atoms with E-state index in [1.807, 2.05) is 13.0 Å². The van der Waals surface area contributed by atoms with Crippen molar-refractivity contribution in [1.82, 2.24) is 10.2 Å². The Kier molecular flexibility index (Phi) is 12.6. The van der Waals surface area contributed by atoms with Gasteiger partial charge in [0, 0.05) is 40.0 Å². The van der Waals surface area contributed by atoms with Crippen LogP contribution >= 0.6 is 24.2 Å². The van der Waals surface area contributed by atoms with Gasteiger partial charge in [-0.05, 0) is 50.6 Å². The molecule has 2 saturated heterocycles. The number of fused-ring (bicyclic) bond motifs is 5. The third-order valence-corrected chi connectivity index (χ3v) is 10.5. The Bertz CT molecular complexity index is 1540.